The van der Waals surface area contributed by atoms with Crippen molar-refractivity contribution in [3.05, 3.63) is 28.8 Å². The summed E-state index contributed by atoms with van der Waals surface area (Å²) in [7, 11) is 0.448. The van der Waals surface area contributed by atoms with Crippen molar-refractivity contribution in [3.8, 4) is 0 Å². The Balaban J connectivity index is 2.77. The van der Waals surface area contributed by atoms with Gasteiger partial charge in [0, 0.05) is 5.02 Å². The van der Waals surface area contributed by atoms with Gasteiger partial charge in [-0.15, -0.1) is 0 Å². The molecule has 0 aliphatic carbocycles. The highest BCUT2D eigenvalue weighted by atomic mass is 35.5. The molecule has 0 amide bonds. The van der Waals surface area contributed by atoms with Crippen molar-refractivity contribution in [2.45, 2.75) is 45.8 Å². The molecular weight excluding hydrogens is 234 g/mol. The van der Waals surface area contributed by atoms with Crippen LogP contribution in [0.25, 0.3) is 0 Å². The lowest BCUT2D eigenvalue weighted by Crippen LogP contribution is -2.49. The largest absolute Gasteiger partial charge is 0.427 e. The van der Waals surface area contributed by atoms with Gasteiger partial charge in [-0.05, 0) is 52.2 Å². The van der Waals surface area contributed by atoms with Crippen LogP contribution in [0.1, 0.15) is 33.3 Å². The summed E-state index contributed by atoms with van der Waals surface area (Å²) in [5, 5.41) is 10.7. The van der Waals surface area contributed by atoms with Crippen molar-refractivity contribution >= 4 is 24.5 Å². The van der Waals surface area contributed by atoms with Crippen molar-refractivity contribution in [2.75, 3.05) is 0 Å². The van der Waals surface area contributed by atoms with Crippen molar-refractivity contribution in [2.24, 2.45) is 0 Å². The van der Waals surface area contributed by atoms with Crippen LogP contribution in [-0.2, 0) is 4.65 Å². The predicted molar refractivity (Wildman–Crippen MR) is 74.4 cm³/mol. The van der Waals surface area contributed by atoms with E-state index in [9.17, 15) is 5.11 Å². The second-order valence-electron chi connectivity index (χ2n) is 5.43. The molecule has 1 aromatic rings. The van der Waals surface area contributed by atoms with Gasteiger partial charge in [0.1, 0.15) is 0 Å². The van der Waals surface area contributed by atoms with Crippen LogP contribution in [0.4, 0.5) is 0 Å². The molecule has 0 saturated heterocycles. The Bertz CT molecular complexity index is 397. The molecule has 94 valence electrons. The molecule has 0 spiro atoms. The molecule has 0 aliphatic rings. The summed E-state index contributed by atoms with van der Waals surface area (Å²) in [6, 6.07) is 5.73. The van der Waals surface area contributed by atoms with Gasteiger partial charge in [0.2, 0.25) is 0 Å². The van der Waals surface area contributed by atoms with E-state index in [0.29, 0.717) is 12.5 Å². The molecule has 0 saturated carbocycles. The average molecular weight is 255 g/mol. The second kappa shape index (κ2) is 5.01. The van der Waals surface area contributed by atoms with Gasteiger partial charge in [0.25, 0.3) is 0 Å². The van der Waals surface area contributed by atoms with E-state index in [1.54, 1.807) is 13.8 Å². The van der Waals surface area contributed by atoms with Gasteiger partial charge in [-0.2, -0.15) is 0 Å². The molecule has 0 bridgehead atoms. The first-order chi connectivity index (χ1) is 7.63. The van der Waals surface area contributed by atoms with Crippen LogP contribution in [0.3, 0.4) is 0 Å². The van der Waals surface area contributed by atoms with Crippen molar-refractivity contribution in [1.82, 2.24) is 0 Å². The summed E-state index contributed by atoms with van der Waals surface area (Å²) in [6.45, 7) is 9.28. The minimum Gasteiger partial charge on any atom is -0.427 e. The van der Waals surface area contributed by atoms with Crippen LogP contribution < -0.4 is 5.46 Å². The van der Waals surface area contributed by atoms with Crippen LogP contribution >= 0.6 is 11.6 Å². The molecule has 0 heterocycles. The number of hydrogen-bond acceptors (Lipinski definition) is 2. The van der Waals surface area contributed by atoms with E-state index in [1.807, 2.05) is 39.0 Å². The zero-order valence-electron chi connectivity index (χ0n) is 11.2. The number of halogens is 1. The lowest BCUT2D eigenvalue weighted by molar-refractivity contribution is -0.0893. The third-order valence-corrected chi connectivity index (χ3v) is 3.61. The molecule has 4 heteroatoms. The number of benzene rings is 1. The van der Waals surface area contributed by atoms with Gasteiger partial charge in [0.15, 0.2) is 0 Å². The van der Waals surface area contributed by atoms with Crippen LogP contribution in [-0.4, -0.2) is 23.8 Å². The summed E-state index contributed by atoms with van der Waals surface area (Å²) in [5.41, 5.74) is 0.692. The van der Waals surface area contributed by atoms with Crippen LogP contribution in [0.15, 0.2) is 18.2 Å². The van der Waals surface area contributed by atoms with Gasteiger partial charge >= 0.3 is 7.48 Å². The minimum atomic E-state index is -0.889. The van der Waals surface area contributed by atoms with E-state index in [-0.39, 0.29) is 0 Å². The SMILES string of the molecule is Cc1ccc(Cl)cc1BOC(C)(C)C(C)(C)O. The van der Waals surface area contributed by atoms with E-state index in [0.717, 1.165) is 11.0 Å². The monoisotopic (exact) mass is 254 g/mol. The standard InChI is InChI=1S/C13H20BClO2/c1-9-6-7-10(15)8-11(9)14-17-13(4,5)12(2,3)16/h6-8,14,16H,1-5H3. The quantitative estimate of drug-likeness (QED) is 0.835. The van der Waals surface area contributed by atoms with E-state index in [2.05, 4.69) is 0 Å². The Labute approximate surface area is 109 Å². The molecule has 0 unspecified atom stereocenters. The third-order valence-electron chi connectivity index (χ3n) is 3.37. The first-order valence-electron chi connectivity index (χ1n) is 5.75. The zero-order chi connectivity index (χ0) is 13.3. The maximum atomic E-state index is 10.00. The van der Waals surface area contributed by atoms with E-state index < -0.39 is 11.2 Å². The lowest BCUT2D eigenvalue weighted by atomic mass is 9.80. The van der Waals surface area contributed by atoms with Crippen LogP contribution in [0.2, 0.25) is 5.02 Å². The fourth-order valence-corrected chi connectivity index (χ4v) is 1.43. The van der Waals surface area contributed by atoms with E-state index >= 15 is 0 Å². The normalized spacial score (nSPS) is 12.6. The molecule has 0 fully saturated rings. The lowest BCUT2D eigenvalue weighted by Gasteiger charge is -2.37. The molecule has 0 aromatic heterocycles. The molecule has 0 atom stereocenters. The van der Waals surface area contributed by atoms with Crippen molar-refractivity contribution < 1.29 is 9.76 Å². The van der Waals surface area contributed by atoms with Gasteiger partial charge in [-0.3, -0.25) is 0 Å². The van der Waals surface area contributed by atoms with Crippen molar-refractivity contribution in [1.29, 1.82) is 0 Å². The summed E-state index contributed by atoms with van der Waals surface area (Å²) in [4.78, 5) is 0. The van der Waals surface area contributed by atoms with Gasteiger partial charge < -0.3 is 9.76 Å². The van der Waals surface area contributed by atoms with Gasteiger partial charge in [-0.25, -0.2) is 0 Å². The Hall–Kier alpha value is -0.505. The number of aliphatic hydroxyl groups is 1. The second-order valence-corrected chi connectivity index (χ2v) is 5.87. The molecule has 17 heavy (non-hydrogen) atoms. The molecule has 1 rings (SSSR count). The Morgan fingerprint density at radius 2 is 1.82 bits per heavy atom. The molecule has 1 N–H and O–H groups in total. The van der Waals surface area contributed by atoms with E-state index in [1.165, 1.54) is 0 Å². The Kier molecular flexibility index (Phi) is 4.29. The van der Waals surface area contributed by atoms with Gasteiger partial charge in [-0.1, -0.05) is 23.2 Å². The first-order valence-corrected chi connectivity index (χ1v) is 6.12. The zero-order valence-corrected chi connectivity index (χ0v) is 11.9. The van der Waals surface area contributed by atoms with Crippen LogP contribution in [0, 0.1) is 6.92 Å². The first kappa shape index (κ1) is 14.6. The summed E-state index contributed by atoms with van der Waals surface area (Å²) in [6.07, 6.45) is 0. The van der Waals surface area contributed by atoms with Crippen molar-refractivity contribution in [3.63, 3.8) is 0 Å². The predicted octanol–water partition coefficient (Wildman–Crippen LogP) is 2.19. The number of hydrogen-bond donors (Lipinski definition) is 1. The Morgan fingerprint density at radius 1 is 1.24 bits per heavy atom. The molecule has 0 aliphatic heterocycles. The topological polar surface area (TPSA) is 29.5 Å². The Morgan fingerprint density at radius 3 is 2.35 bits per heavy atom. The van der Waals surface area contributed by atoms with Gasteiger partial charge in [0.05, 0.1) is 11.2 Å². The highest BCUT2D eigenvalue weighted by Gasteiger charge is 2.35. The highest BCUT2D eigenvalue weighted by molar-refractivity contribution is 6.48. The third kappa shape index (κ3) is 3.73. The average Bonchev–Trinajstić information content (AvgIpc) is 2.18. The highest BCUT2D eigenvalue weighted by Crippen LogP contribution is 2.24. The fraction of sp³-hybridized carbons (Fsp3) is 0.538. The summed E-state index contributed by atoms with van der Waals surface area (Å²) in [5.74, 6) is 0. The number of rotatable bonds is 4. The maximum Gasteiger partial charge on any atom is 0.309 e. The molecule has 1 aromatic carbocycles. The number of aryl methyl sites for hydroxylation is 1. The molecule has 0 radical (unpaired) electrons. The maximum absolute atomic E-state index is 10.00. The fourth-order valence-electron chi connectivity index (χ4n) is 1.23. The summed E-state index contributed by atoms with van der Waals surface area (Å²) < 4.78 is 5.81. The van der Waals surface area contributed by atoms with Crippen LogP contribution in [0.5, 0.6) is 0 Å². The summed E-state index contributed by atoms with van der Waals surface area (Å²) >= 11 is 5.95. The smallest absolute Gasteiger partial charge is 0.309 e. The van der Waals surface area contributed by atoms with E-state index in [4.69, 9.17) is 16.3 Å². The minimum absolute atomic E-state index is 0.448. The molecular formula is C13H20BClO2. The molecule has 2 nitrogen and oxygen atoms in total.